The summed E-state index contributed by atoms with van der Waals surface area (Å²) in [5.41, 5.74) is 9.14. The molecule has 2 aromatic carbocycles. The zero-order valence-electron chi connectivity index (χ0n) is 19.2. The number of hydrogen-bond acceptors (Lipinski definition) is 5. The minimum Gasteiger partial charge on any atom is -0.489 e. The van der Waals surface area contributed by atoms with Crippen LogP contribution in [0.15, 0.2) is 60.8 Å². The zero-order chi connectivity index (χ0) is 25.6. The third kappa shape index (κ3) is 7.61. The first-order valence-corrected chi connectivity index (χ1v) is 10.8. The Balaban J connectivity index is 1.79. The average molecular weight is 489 g/mol. The lowest BCUT2D eigenvalue weighted by atomic mass is 10.1. The molecule has 0 spiro atoms. The van der Waals surface area contributed by atoms with E-state index in [-0.39, 0.29) is 18.8 Å². The first-order valence-electron chi connectivity index (χ1n) is 10.8. The van der Waals surface area contributed by atoms with Crippen LogP contribution < -0.4 is 15.2 Å². The number of ether oxygens (including phenoxy) is 2. The maximum Gasteiger partial charge on any atom is 0.573 e. The lowest BCUT2D eigenvalue weighted by molar-refractivity contribution is -0.274. The van der Waals surface area contributed by atoms with Gasteiger partial charge in [0, 0.05) is 29.1 Å². The number of imidazole rings is 1. The van der Waals surface area contributed by atoms with Crippen molar-refractivity contribution in [2.24, 2.45) is 5.73 Å². The number of aliphatic carboxylic acids is 1. The summed E-state index contributed by atoms with van der Waals surface area (Å²) in [7, 11) is 0. The van der Waals surface area contributed by atoms with E-state index in [2.05, 4.69) is 9.72 Å². The Bertz CT molecular complexity index is 1190. The third-order valence-corrected chi connectivity index (χ3v) is 5.07. The molecule has 3 rings (SSSR count). The molecule has 0 unspecified atom stereocenters. The Hall–Kier alpha value is -3.79. The van der Waals surface area contributed by atoms with Crippen LogP contribution in [0.3, 0.4) is 0 Å². The van der Waals surface area contributed by atoms with E-state index in [0.29, 0.717) is 23.7 Å². The summed E-state index contributed by atoms with van der Waals surface area (Å²) >= 11 is 0. The van der Waals surface area contributed by atoms with Gasteiger partial charge >= 0.3 is 12.3 Å². The molecule has 35 heavy (non-hydrogen) atoms. The molecule has 0 radical (unpaired) electrons. The van der Waals surface area contributed by atoms with Gasteiger partial charge in [-0.1, -0.05) is 23.8 Å². The fourth-order valence-electron chi connectivity index (χ4n) is 3.48. The number of rotatable bonds is 10. The van der Waals surface area contributed by atoms with Crippen molar-refractivity contribution in [2.45, 2.75) is 39.2 Å². The van der Waals surface area contributed by atoms with Gasteiger partial charge in [-0.2, -0.15) is 0 Å². The lowest BCUT2D eigenvalue weighted by Crippen LogP contribution is -2.21. The molecular formula is C25H26F3N3O4. The molecule has 0 aliphatic carbocycles. The average Bonchev–Trinajstić information content (AvgIpc) is 3.11. The highest BCUT2D eigenvalue weighted by Gasteiger charge is 2.31. The van der Waals surface area contributed by atoms with Crippen LogP contribution in [-0.2, 0) is 11.3 Å². The van der Waals surface area contributed by atoms with Crippen LogP contribution in [0.4, 0.5) is 13.2 Å². The summed E-state index contributed by atoms with van der Waals surface area (Å²) in [5, 5.41) is 8.78. The van der Waals surface area contributed by atoms with Crippen molar-refractivity contribution in [1.82, 2.24) is 9.55 Å². The predicted molar refractivity (Wildman–Crippen MR) is 124 cm³/mol. The molecule has 10 heteroatoms. The van der Waals surface area contributed by atoms with Gasteiger partial charge in [0.2, 0.25) is 0 Å². The first-order chi connectivity index (χ1) is 16.5. The van der Waals surface area contributed by atoms with Crippen LogP contribution in [-0.4, -0.2) is 39.6 Å². The molecule has 186 valence electrons. The molecule has 0 aliphatic heterocycles. The highest BCUT2D eigenvalue weighted by atomic mass is 19.4. The Labute approximate surface area is 200 Å². The number of hydrogen-bond donors (Lipinski definition) is 2. The number of benzene rings is 2. The van der Waals surface area contributed by atoms with Gasteiger partial charge in [0.1, 0.15) is 23.9 Å². The zero-order valence-corrected chi connectivity index (χ0v) is 19.2. The number of aryl methyl sites for hydroxylation is 2. The van der Waals surface area contributed by atoms with Crippen molar-refractivity contribution in [2.75, 3.05) is 6.61 Å². The van der Waals surface area contributed by atoms with Gasteiger partial charge in [-0.3, -0.25) is 4.79 Å². The summed E-state index contributed by atoms with van der Waals surface area (Å²) in [6.45, 7) is 4.47. The molecular weight excluding hydrogens is 463 g/mol. The van der Waals surface area contributed by atoms with Gasteiger partial charge in [-0.05, 0) is 50.3 Å². The number of nitrogens with two attached hydrogens (primary N) is 1. The van der Waals surface area contributed by atoms with Gasteiger partial charge < -0.3 is 24.9 Å². The van der Waals surface area contributed by atoms with E-state index in [4.69, 9.17) is 15.6 Å². The second-order valence-corrected chi connectivity index (χ2v) is 7.99. The van der Waals surface area contributed by atoms with E-state index in [0.717, 1.165) is 16.8 Å². The Morgan fingerprint density at radius 2 is 1.91 bits per heavy atom. The molecule has 7 nitrogen and oxygen atoms in total. The van der Waals surface area contributed by atoms with Crippen molar-refractivity contribution < 1.29 is 32.5 Å². The monoisotopic (exact) mass is 489 g/mol. The van der Waals surface area contributed by atoms with Gasteiger partial charge in [0.25, 0.3) is 0 Å². The molecule has 0 amide bonds. The van der Waals surface area contributed by atoms with Gasteiger partial charge in [0.05, 0.1) is 13.0 Å². The Morgan fingerprint density at radius 3 is 2.57 bits per heavy atom. The second-order valence-electron chi connectivity index (χ2n) is 7.99. The van der Waals surface area contributed by atoms with Crippen molar-refractivity contribution in [3.63, 3.8) is 0 Å². The summed E-state index contributed by atoms with van der Waals surface area (Å²) in [6, 6.07) is 10.7. The van der Waals surface area contributed by atoms with Crippen LogP contribution in [0.5, 0.6) is 11.5 Å². The predicted octanol–water partition coefficient (Wildman–Crippen LogP) is 4.85. The molecule has 0 fully saturated rings. The SMILES string of the molecule is Cc1ccc(OC/C=C/[C@@H](N)CC(=O)O)c(Cn2c(C)cnc2-c2ccc(OC(F)(F)F)cc2)c1. The molecule has 3 aromatic rings. The number of carbonyl (C=O) groups is 1. The third-order valence-electron chi connectivity index (χ3n) is 5.07. The number of carboxylic acids is 1. The summed E-state index contributed by atoms with van der Waals surface area (Å²) in [5.74, 6) is -0.0485. The highest BCUT2D eigenvalue weighted by Crippen LogP contribution is 2.28. The topological polar surface area (TPSA) is 99.6 Å². The number of carboxylic acid groups (broad SMARTS) is 1. The van der Waals surface area contributed by atoms with Crippen LogP contribution in [0.2, 0.25) is 0 Å². The number of alkyl halides is 3. The van der Waals surface area contributed by atoms with Crippen LogP contribution in [0.25, 0.3) is 11.4 Å². The maximum absolute atomic E-state index is 12.5. The van der Waals surface area contributed by atoms with Crippen molar-refractivity contribution in [1.29, 1.82) is 0 Å². The van der Waals surface area contributed by atoms with E-state index in [9.17, 15) is 18.0 Å². The van der Waals surface area contributed by atoms with E-state index >= 15 is 0 Å². The van der Waals surface area contributed by atoms with Gasteiger partial charge in [-0.15, -0.1) is 13.2 Å². The second kappa shape index (κ2) is 11.1. The van der Waals surface area contributed by atoms with E-state index < -0.39 is 18.4 Å². The van der Waals surface area contributed by atoms with Crippen molar-refractivity contribution >= 4 is 5.97 Å². The minimum atomic E-state index is -4.76. The fourth-order valence-corrected chi connectivity index (χ4v) is 3.48. The molecule has 1 atom stereocenters. The quantitative estimate of drug-likeness (QED) is 0.395. The highest BCUT2D eigenvalue weighted by molar-refractivity contribution is 5.67. The standard InChI is InChI=1S/C25H26F3N3O4/c1-16-5-10-22(34-11-3-4-20(29)13-23(32)33)19(12-16)15-31-17(2)14-30-24(31)18-6-8-21(9-7-18)35-25(26,27)28/h3-10,12,14,20H,11,13,15,29H2,1-2H3,(H,32,33)/b4-3+/t20-/m1/s1. The number of nitrogens with zero attached hydrogens (tertiary/aromatic N) is 2. The molecule has 1 heterocycles. The van der Waals surface area contributed by atoms with Crippen molar-refractivity contribution in [3.8, 4) is 22.9 Å². The first kappa shape index (κ1) is 25.8. The number of halogens is 3. The molecule has 1 aromatic heterocycles. The summed E-state index contributed by atoms with van der Waals surface area (Å²) < 4.78 is 49.2. The molecule has 0 saturated heterocycles. The van der Waals surface area contributed by atoms with Crippen LogP contribution in [0.1, 0.15) is 23.2 Å². The summed E-state index contributed by atoms with van der Waals surface area (Å²) in [6.07, 6.45) is 0.0350. The van der Waals surface area contributed by atoms with E-state index in [1.807, 2.05) is 36.6 Å². The largest absolute Gasteiger partial charge is 0.573 e. The minimum absolute atomic E-state index is 0.168. The summed E-state index contributed by atoms with van der Waals surface area (Å²) in [4.78, 5) is 15.2. The molecule has 0 aliphatic rings. The van der Waals surface area contributed by atoms with E-state index in [1.54, 1.807) is 18.3 Å². The smallest absolute Gasteiger partial charge is 0.489 e. The maximum atomic E-state index is 12.5. The van der Waals surface area contributed by atoms with Gasteiger partial charge in [0.15, 0.2) is 0 Å². The van der Waals surface area contributed by atoms with E-state index in [1.165, 1.54) is 24.3 Å². The fraction of sp³-hybridized carbons (Fsp3) is 0.280. The normalized spacial score (nSPS) is 12.6. The number of aromatic nitrogens is 2. The van der Waals surface area contributed by atoms with Gasteiger partial charge in [-0.25, -0.2) is 4.98 Å². The molecule has 3 N–H and O–H groups in total. The Morgan fingerprint density at radius 1 is 1.20 bits per heavy atom. The molecule has 0 bridgehead atoms. The van der Waals surface area contributed by atoms with Crippen molar-refractivity contribution in [3.05, 3.63) is 77.6 Å². The molecule has 0 saturated carbocycles. The van der Waals surface area contributed by atoms with Crippen LogP contribution >= 0.6 is 0 Å². The lowest BCUT2D eigenvalue weighted by Gasteiger charge is -2.15. The van der Waals surface area contributed by atoms with Crippen LogP contribution in [0, 0.1) is 13.8 Å². The Kier molecular flexibility index (Phi) is 8.18.